The number of carboxylic acid groups (broad SMARTS) is 1. The molecule has 0 radical (unpaired) electrons. The second-order valence-electron chi connectivity index (χ2n) is 4.76. The maximum Gasteiger partial charge on any atom is 0.307 e. The van der Waals surface area contributed by atoms with Crippen molar-refractivity contribution in [1.29, 1.82) is 0 Å². The lowest BCUT2D eigenvalue weighted by Crippen LogP contribution is -1.99. The van der Waals surface area contributed by atoms with Gasteiger partial charge in [0.15, 0.2) is 5.58 Å². The summed E-state index contributed by atoms with van der Waals surface area (Å²) in [7, 11) is 0. The molecule has 4 nitrogen and oxygen atoms in total. The molecule has 0 saturated heterocycles. The zero-order chi connectivity index (χ0) is 14.1. The van der Waals surface area contributed by atoms with E-state index < -0.39 is 5.97 Å². The highest BCUT2D eigenvalue weighted by Gasteiger charge is 2.09. The molecule has 0 aliphatic carbocycles. The number of aryl methyl sites for hydroxylation is 1. The lowest BCUT2D eigenvalue weighted by atomic mass is 10.1. The molecule has 4 heteroatoms. The third-order valence-electron chi connectivity index (χ3n) is 3.11. The third kappa shape index (κ3) is 2.40. The topological polar surface area (TPSA) is 63.3 Å². The van der Waals surface area contributed by atoms with Crippen LogP contribution in [-0.2, 0) is 11.2 Å². The molecule has 0 aliphatic rings. The van der Waals surface area contributed by atoms with E-state index in [2.05, 4.69) is 4.98 Å². The Morgan fingerprint density at radius 3 is 2.65 bits per heavy atom. The lowest BCUT2D eigenvalue weighted by Gasteiger charge is -1.95. The maximum atomic E-state index is 10.7. The summed E-state index contributed by atoms with van der Waals surface area (Å²) in [4.78, 5) is 15.1. The Morgan fingerprint density at radius 2 is 1.95 bits per heavy atom. The quantitative estimate of drug-likeness (QED) is 0.789. The minimum absolute atomic E-state index is 0.0112. The van der Waals surface area contributed by atoms with Crippen molar-refractivity contribution in [1.82, 2.24) is 4.98 Å². The van der Waals surface area contributed by atoms with Gasteiger partial charge in [0, 0.05) is 5.56 Å². The van der Waals surface area contributed by atoms with E-state index in [0.717, 1.165) is 5.56 Å². The number of hydrogen-bond donors (Lipinski definition) is 1. The summed E-state index contributed by atoms with van der Waals surface area (Å²) in [6.07, 6.45) is -0.0112. The molecule has 1 aromatic heterocycles. The molecular formula is C16H13NO3. The number of aromatic nitrogens is 1. The van der Waals surface area contributed by atoms with E-state index in [4.69, 9.17) is 9.52 Å². The Labute approximate surface area is 115 Å². The van der Waals surface area contributed by atoms with Gasteiger partial charge >= 0.3 is 5.97 Å². The van der Waals surface area contributed by atoms with Crippen LogP contribution in [0.25, 0.3) is 22.6 Å². The number of carboxylic acids is 1. The number of rotatable bonds is 3. The summed E-state index contributed by atoms with van der Waals surface area (Å²) in [5, 5.41) is 8.80. The molecule has 20 heavy (non-hydrogen) atoms. The van der Waals surface area contributed by atoms with Crippen molar-refractivity contribution in [2.75, 3.05) is 0 Å². The molecule has 1 heterocycles. The van der Waals surface area contributed by atoms with Gasteiger partial charge in [0.2, 0.25) is 5.89 Å². The van der Waals surface area contributed by atoms with Crippen LogP contribution < -0.4 is 0 Å². The molecule has 3 rings (SSSR count). The van der Waals surface area contributed by atoms with E-state index in [1.807, 2.05) is 31.2 Å². The summed E-state index contributed by atoms with van der Waals surface area (Å²) in [6.45, 7) is 2.02. The minimum Gasteiger partial charge on any atom is -0.481 e. The van der Waals surface area contributed by atoms with Crippen LogP contribution in [-0.4, -0.2) is 16.1 Å². The number of benzene rings is 2. The van der Waals surface area contributed by atoms with Gasteiger partial charge in [-0.15, -0.1) is 0 Å². The van der Waals surface area contributed by atoms with E-state index in [1.165, 1.54) is 5.56 Å². The Morgan fingerprint density at radius 1 is 1.20 bits per heavy atom. The second kappa shape index (κ2) is 4.81. The smallest absolute Gasteiger partial charge is 0.307 e. The number of carbonyl (C=O) groups is 1. The number of oxazole rings is 1. The lowest BCUT2D eigenvalue weighted by molar-refractivity contribution is -0.136. The van der Waals surface area contributed by atoms with Gasteiger partial charge in [0.25, 0.3) is 0 Å². The minimum atomic E-state index is -0.855. The fraction of sp³-hybridized carbons (Fsp3) is 0.125. The monoisotopic (exact) mass is 267 g/mol. The molecule has 0 bridgehead atoms. The van der Waals surface area contributed by atoms with Gasteiger partial charge in [-0.3, -0.25) is 4.79 Å². The standard InChI is InChI=1S/C16H13NO3/c1-10-2-5-12(6-3-10)16-17-13-8-11(9-15(18)19)4-7-14(13)20-16/h2-8H,9H2,1H3,(H,18,19). The summed E-state index contributed by atoms with van der Waals surface area (Å²) in [5.41, 5.74) is 4.14. The number of hydrogen-bond acceptors (Lipinski definition) is 3. The Bertz CT molecular complexity index is 772. The van der Waals surface area contributed by atoms with Crippen LogP contribution in [0.3, 0.4) is 0 Å². The van der Waals surface area contributed by atoms with Gasteiger partial charge in [-0.25, -0.2) is 4.98 Å². The van der Waals surface area contributed by atoms with Crippen molar-refractivity contribution in [3.63, 3.8) is 0 Å². The molecule has 0 saturated carbocycles. The number of fused-ring (bicyclic) bond motifs is 1. The molecule has 1 N–H and O–H groups in total. The Balaban J connectivity index is 2.01. The highest BCUT2D eigenvalue weighted by Crippen LogP contribution is 2.25. The van der Waals surface area contributed by atoms with Gasteiger partial charge < -0.3 is 9.52 Å². The van der Waals surface area contributed by atoms with Crippen LogP contribution in [0.1, 0.15) is 11.1 Å². The molecule has 3 aromatic rings. The van der Waals surface area contributed by atoms with E-state index >= 15 is 0 Å². The normalized spacial score (nSPS) is 10.8. The van der Waals surface area contributed by atoms with E-state index in [0.29, 0.717) is 22.6 Å². The molecule has 0 amide bonds. The average Bonchev–Trinajstić information content (AvgIpc) is 2.81. The average molecular weight is 267 g/mol. The number of nitrogens with zero attached hydrogens (tertiary/aromatic N) is 1. The molecule has 0 spiro atoms. The molecule has 0 fully saturated rings. The van der Waals surface area contributed by atoms with Gasteiger partial charge in [-0.1, -0.05) is 23.8 Å². The molecule has 100 valence electrons. The van der Waals surface area contributed by atoms with Crippen molar-refractivity contribution in [2.45, 2.75) is 13.3 Å². The maximum absolute atomic E-state index is 10.7. The van der Waals surface area contributed by atoms with Gasteiger partial charge in [0.05, 0.1) is 6.42 Å². The first-order chi connectivity index (χ1) is 9.61. The van der Waals surface area contributed by atoms with Crippen molar-refractivity contribution in [2.24, 2.45) is 0 Å². The molecular weight excluding hydrogens is 254 g/mol. The largest absolute Gasteiger partial charge is 0.481 e. The first kappa shape index (κ1) is 12.4. The highest BCUT2D eigenvalue weighted by atomic mass is 16.4. The van der Waals surface area contributed by atoms with Crippen LogP contribution in [0.15, 0.2) is 46.9 Å². The van der Waals surface area contributed by atoms with Crippen molar-refractivity contribution < 1.29 is 14.3 Å². The predicted octanol–water partition coefficient (Wildman–Crippen LogP) is 3.43. The van der Waals surface area contributed by atoms with Crippen molar-refractivity contribution >= 4 is 17.1 Å². The first-order valence-electron chi connectivity index (χ1n) is 6.30. The fourth-order valence-corrected chi connectivity index (χ4v) is 2.08. The second-order valence-corrected chi connectivity index (χ2v) is 4.76. The SMILES string of the molecule is Cc1ccc(-c2nc3cc(CC(=O)O)ccc3o2)cc1. The van der Waals surface area contributed by atoms with Crippen LogP contribution in [0.4, 0.5) is 0 Å². The van der Waals surface area contributed by atoms with E-state index in [1.54, 1.807) is 18.2 Å². The van der Waals surface area contributed by atoms with Crippen LogP contribution in [0.2, 0.25) is 0 Å². The first-order valence-corrected chi connectivity index (χ1v) is 6.30. The van der Waals surface area contributed by atoms with Crippen LogP contribution in [0.5, 0.6) is 0 Å². The third-order valence-corrected chi connectivity index (χ3v) is 3.11. The van der Waals surface area contributed by atoms with Crippen molar-refractivity contribution in [3.8, 4) is 11.5 Å². The molecule has 0 unspecified atom stereocenters. The molecule has 0 atom stereocenters. The van der Waals surface area contributed by atoms with Gasteiger partial charge in [0.1, 0.15) is 5.52 Å². The van der Waals surface area contributed by atoms with Gasteiger partial charge in [-0.05, 0) is 36.8 Å². The van der Waals surface area contributed by atoms with Crippen LogP contribution in [0, 0.1) is 6.92 Å². The predicted molar refractivity (Wildman–Crippen MR) is 75.5 cm³/mol. The summed E-state index contributed by atoms with van der Waals surface area (Å²) >= 11 is 0. The molecule has 2 aromatic carbocycles. The Kier molecular flexibility index (Phi) is 2.99. The number of aliphatic carboxylic acids is 1. The summed E-state index contributed by atoms with van der Waals surface area (Å²) in [6, 6.07) is 13.2. The zero-order valence-corrected chi connectivity index (χ0v) is 11.0. The van der Waals surface area contributed by atoms with Crippen molar-refractivity contribution in [3.05, 3.63) is 53.6 Å². The fourth-order valence-electron chi connectivity index (χ4n) is 2.08. The highest BCUT2D eigenvalue weighted by molar-refractivity contribution is 5.79. The van der Waals surface area contributed by atoms with Crippen LogP contribution >= 0.6 is 0 Å². The zero-order valence-electron chi connectivity index (χ0n) is 11.0. The van der Waals surface area contributed by atoms with Gasteiger partial charge in [-0.2, -0.15) is 0 Å². The molecule has 0 aliphatic heterocycles. The Hall–Kier alpha value is -2.62. The van der Waals surface area contributed by atoms with E-state index in [9.17, 15) is 4.79 Å². The summed E-state index contributed by atoms with van der Waals surface area (Å²) in [5.74, 6) is -0.306. The van der Waals surface area contributed by atoms with E-state index in [-0.39, 0.29) is 6.42 Å². The summed E-state index contributed by atoms with van der Waals surface area (Å²) < 4.78 is 5.70.